The van der Waals surface area contributed by atoms with Gasteiger partial charge in [-0.1, -0.05) is 18.6 Å². The number of likely N-dealkylation sites (tertiary alicyclic amines) is 1. The molecule has 4 nitrogen and oxygen atoms in total. The first-order valence-corrected chi connectivity index (χ1v) is 11.3. The van der Waals surface area contributed by atoms with Crippen molar-refractivity contribution in [2.45, 2.75) is 38.4 Å². The maximum absolute atomic E-state index is 12.8. The molecule has 1 aliphatic heterocycles. The number of rotatable bonds is 8. The van der Waals surface area contributed by atoms with Gasteiger partial charge in [0.15, 0.2) is 0 Å². The SMILES string of the molecule is O=C(NCc1cccc(C(F)(F)F)c1)c1ccc(OCCCN2CC3CCCC3C2)cc1. The van der Waals surface area contributed by atoms with Gasteiger partial charge in [-0.25, -0.2) is 0 Å². The van der Waals surface area contributed by atoms with Crippen molar-refractivity contribution in [3.8, 4) is 5.75 Å². The molecule has 1 amide bonds. The molecule has 2 aliphatic rings. The van der Waals surface area contributed by atoms with E-state index in [4.69, 9.17) is 4.74 Å². The van der Waals surface area contributed by atoms with Crippen LogP contribution < -0.4 is 10.1 Å². The first-order chi connectivity index (χ1) is 15.4. The van der Waals surface area contributed by atoms with Crippen molar-refractivity contribution in [3.05, 3.63) is 65.2 Å². The van der Waals surface area contributed by atoms with Gasteiger partial charge in [0, 0.05) is 31.7 Å². The van der Waals surface area contributed by atoms with Crippen molar-refractivity contribution in [1.29, 1.82) is 0 Å². The molecule has 172 valence electrons. The van der Waals surface area contributed by atoms with E-state index in [1.54, 1.807) is 30.3 Å². The molecule has 1 N–H and O–H groups in total. The van der Waals surface area contributed by atoms with Crippen LogP contribution in [0.2, 0.25) is 0 Å². The topological polar surface area (TPSA) is 41.6 Å². The zero-order valence-corrected chi connectivity index (χ0v) is 18.0. The van der Waals surface area contributed by atoms with E-state index in [0.717, 1.165) is 36.9 Å². The molecule has 32 heavy (non-hydrogen) atoms. The second kappa shape index (κ2) is 9.94. The Morgan fingerprint density at radius 1 is 1.06 bits per heavy atom. The highest BCUT2D eigenvalue weighted by atomic mass is 19.4. The Morgan fingerprint density at radius 2 is 1.78 bits per heavy atom. The number of benzene rings is 2. The maximum atomic E-state index is 12.8. The van der Waals surface area contributed by atoms with E-state index in [0.29, 0.717) is 23.5 Å². The Kier molecular flexibility index (Phi) is 7.04. The zero-order valence-electron chi connectivity index (χ0n) is 18.0. The quantitative estimate of drug-likeness (QED) is 0.571. The molecule has 4 rings (SSSR count). The number of fused-ring (bicyclic) bond motifs is 1. The molecule has 7 heteroatoms. The summed E-state index contributed by atoms with van der Waals surface area (Å²) in [4.78, 5) is 14.9. The molecule has 0 radical (unpaired) electrons. The Hall–Kier alpha value is -2.54. The maximum Gasteiger partial charge on any atom is 0.416 e. The van der Waals surface area contributed by atoms with Gasteiger partial charge < -0.3 is 15.0 Å². The fraction of sp³-hybridized carbons (Fsp3) is 0.480. The van der Waals surface area contributed by atoms with Crippen LogP contribution in [0.3, 0.4) is 0 Å². The van der Waals surface area contributed by atoms with Gasteiger partial charge in [-0.15, -0.1) is 0 Å². The summed E-state index contributed by atoms with van der Waals surface area (Å²) in [5.41, 5.74) is 0.112. The summed E-state index contributed by atoms with van der Waals surface area (Å²) >= 11 is 0. The molecule has 2 unspecified atom stereocenters. The smallest absolute Gasteiger partial charge is 0.416 e. The summed E-state index contributed by atoms with van der Waals surface area (Å²) in [6, 6.07) is 11.8. The van der Waals surface area contributed by atoms with Gasteiger partial charge in [-0.05, 0) is 73.1 Å². The van der Waals surface area contributed by atoms with Crippen molar-refractivity contribution in [2.75, 3.05) is 26.2 Å². The van der Waals surface area contributed by atoms with Gasteiger partial charge in [0.25, 0.3) is 5.91 Å². The molecule has 1 heterocycles. The molecule has 1 saturated heterocycles. The highest BCUT2D eigenvalue weighted by Gasteiger charge is 2.35. The average molecular weight is 447 g/mol. The lowest BCUT2D eigenvalue weighted by molar-refractivity contribution is -0.137. The third-order valence-electron chi connectivity index (χ3n) is 6.51. The number of carbonyl (C=O) groups is 1. The number of halogens is 3. The summed E-state index contributed by atoms with van der Waals surface area (Å²) in [6.07, 6.45) is 0.739. The number of nitrogens with one attached hydrogen (secondary N) is 1. The Morgan fingerprint density at radius 3 is 2.47 bits per heavy atom. The van der Waals surface area contributed by atoms with Crippen LogP contribution in [0.5, 0.6) is 5.75 Å². The number of hydrogen-bond acceptors (Lipinski definition) is 3. The fourth-order valence-corrected chi connectivity index (χ4v) is 4.84. The summed E-state index contributed by atoms with van der Waals surface area (Å²) in [7, 11) is 0. The lowest BCUT2D eigenvalue weighted by atomic mass is 10.0. The Labute approximate surface area is 186 Å². The molecular formula is C25H29F3N2O2. The molecule has 1 saturated carbocycles. The van der Waals surface area contributed by atoms with E-state index in [9.17, 15) is 18.0 Å². The third-order valence-corrected chi connectivity index (χ3v) is 6.51. The van der Waals surface area contributed by atoms with Gasteiger partial charge in [-0.3, -0.25) is 4.79 Å². The molecule has 0 spiro atoms. The number of nitrogens with zero attached hydrogens (tertiary/aromatic N) is 1. The molecule has 0 aromatic heterocycles. The minimum Gasteiger partial charge on any atom is -0.494 e. The first kappa shape index (κ1) is 22.6. The van der Waals surface area contributed by atoms with E-state index in [2.05, 4.69) is 10.2 Å². The monoisotopic (exact) mass is 446 g/mol. The average Bonchev–Trinajstić information content (AvgIpc) is 3.37. The molecule has 2 aromatic rings. The van der Waals surface area contributed by atoms with Crippen molar-refractivity contribution >= 4 is 5.91 Å². The minimum absolute atomic E-state index is 0.0270. The molecule has 0 bridgehead atoms. The van der Waals surface area contributed by atoms with Gasteiger partial charge in [0.05, 0.1) is 12.2 Å². The Balaban J connectivity index is 1.18. The van der Waals surface area contributed by atoms with Crippen molar-refractivity contribution in [1.82, 2.24) is 10.2 Å². The van der Waals surface area contributed by atoms with Crippen molar-refractivity contribution in [3.63, 3.8) is 0 Å². The van der Waals surface area contributed by atoms with Gasteiger partial charge in [0.2, 0.25) is 0 Å². The largest absolute Gasteiger partial charge is 0.494 e. The van der Waals surface area contributed by atoms with Crippen molar-refractivity contribution < 1.29 is 22.7 Å². The van der Waals surface area contributed by atoms with Crippen molar-refractivity contribution in [2.24, 2.45) is 11.8 Å². The van der Waals surface area contributed by atoms with Crippen LogP contribution >= 0.6 is 0 Å². The van der Waals surface area contributed by atoms with Crippen LogP contribution in [0.4, 0.5) is 13.2 Å². The summed E-state index contributed by atoms with van der Waals surface area (Å²) in [6.45, 7) is 4.18. The molecule has 2 atom stereocenters. The standard InChI is InChI=1S/C25H29F3N2O2/c26-25(27,28)22-7-1-4-18(14-22)15-29-24(31)19-8-10-23(11-9-19)32-13-3-12-30-16-20-5-2-6-21(20)17-30/h1,4,7-11,14,20-21H,2-3,5-6,12-13,15-17H2,(H,29,31). The van der Waals surface area contributed by atoms with E-state index >= 15 is 0 Å². The number of amides is 1. The van der Waals surface area contributed by atoms with Crippen LogP contribution in [0, 0.1) is 11.8 Å². The normalized spacial score (nSPS) is 20.8. The lowest BCUT2D eigenvalue weighted by Crippen LogP contribution is -2.24. The second-order valence-electron chi connectivity index (χ2n) is 8.82. The van der Waals surface area contributed by atoms with Gasteiger partial charge >= 0.3 is 6.18 Å². The second-order valence-corrected chi connectivity index (χ2v) is 8.82. The number of hydrogen-bond donors (Lipinski definition) is 1. The van der Waals surface area contributed by atoms with Crippen LogP contribution in [0.25, 0.3) is 0 Å². The predicted molar refractivity (Wildman–Crippen MR) is 116 cm³/mol. The summed E-state index contributed by atoms with van der Waals surface area (Å²) in [5, 5.41) is 2.66. The van der Waals surface area contributed by atoms with Crippen LogP contribution in [0.1, 0.15) is 47.2 Å². The highest BCUT2D eigenvalue weighted by Crippen LogP contribution is 2.37. The van der Waals surface area contributed by atoms with E-state index < -0.39 is 11.7 Å². The number of carbonyl (C=O) groups excluding carboxylic acids is 1. The third kappa shape index (κ3) is 5.82. The van der Waals surface area contributed by atoms with Crippen LogP contribution in [0.15, 0.2) is 48.5 Å². The summed E-state index contributed by atoms with van der Waals surface area (Å²) < 4.78 is 44.2. The predicted octanol–water partition coefficient (Wildman–Crippen LogP) is 5.14. The molecule has 1 aliphatic carbocycles. The van der Waals surface area contributed by atoms with E-state index in [-0.39, 0.29) is 12.5 Å². The molecule has 2 aromatic carbocycles. The fourth-order valence-electron chi connectivity index (χ4n) is 4.84. The minimum atomic E-state index is -4.40. The first-order valence-electron chi connectivity index (χ1n) is 11.3. The van der Waals surface area contributed by atoms with E-state index in [1.807, 2.05) is 0 Å². The Bertz CT molecular complexity index is 902. The van der Waals surface area contributed by atoms with Crippen LogP contribution in [-0.2, 0) is 12.7 Å². The van der Waals surface area contributed by atoms with Gasteiger partial charge in [0.1, 0.15) is 5.75 Å². The van der Waals surface area contributed by atoms with Gasteiger partial charge in [-0.2, -0.15) is 13.2 Å². The number of alkyl halides is 3. The van der Waals surface area contributed by atoms with Crippen LogP contribution in [-0.4, -0.2) is 37.0 Å². The highest BCUT2D eigenvalue weighted by molar-refractivity contribution is 5.94. The summed E-state index contributed by atoms with van der Waals surface area (Å²) in [5.74, 6) is 2.18. The van der Waals surface area contributed by atoms with E-state index in [1.165, 1.54) is 38.4 Å². The number of ether oxygens (including phenoxy) is 1. The zero-order chi connectivity index (χ0) is 22.6. The molecule has 2 fully saturated rings. The molecular weight excluding hydrogens is 417 g/mol. The lowest BCUT2D eigenvalue weighted by Gasteiger charge is -2.16.